The van der Waals surface area contributed by atoms with Crippen LogP contribution in [0.5, 0.6) is 0 Å². The molecule has 0 aliphatic carbocycles. The predicted octanol–water partition coefficient (Wildman–Crippen LogP) is 1.85. The maximum absolute atomic E-state index is 12.1. The molecular formula is C15H19N3O. The van der Waals surface area contributed by atoms with Crippen LogP contribution in [0.4, 0.5) is 5.69 Å². The zero-order chi connectivity index (χ0) is 13.8. The van der Waals surface area contributed by atoms with Gasteiger partial charge in [0.15, 0.2) is 0 Å². The molecule has 19 heavy (non-hydrogen) atoms. The van der Waals surface area contributed by atoms with Crippen LogP contribution in [-0.2, 0) is 4.79 Å². The molecule has 0 saturated carbocycles. The SMILES string of the molecule is Cc1cccc(N2CC(C)CNC(=O)C2CC#N)c1. The van der Waals surface area contributed by atoms with Crippen molar-refractivity contribution in [2.75, 3.05) is 18.0 Å². The van der Waals surface area contributed by atoms with Crippen LogP contribution < -0.4 is 10.2 Å². The number of benzene rings is 1. The Balaban J connectivity index is 2.36. The van der Waals surface area contributed by atoms with Crippen LogP contribution in [0, 0.1) is 24.2 Å². The van der Waals surface area contributed by atoms with Gasteiger partial charge in [-0.2, -0.15) is 5.26 Å². The van der Waals surface area contributed by atoms with Crippen molar-refractivity contribution in [1.29, 1.82) is 5.26 Å². The molecule has 0 spiro atoms. The highest BCUT2D eigenvalue weighted by atomic mass is 16.2. The van der Waals surface area contributed by atoms with E-state index in [1.807, 2.05) is 25.1 Å². The van der Waals surface area contributed by atoms with Gasteiger partial charge in [0.2, 0.25) is 5.91 Å². The fourth-order valence-corrected chi connectivity index (χ4v) is 2.44. The summed E-state index contributed by atoms with van der Waals surface area (Å²) in [4.78, 5) is 14.2. The standard InChI is InChI=1S/C15H19N3O/c1-11-4-3-5-13(8-11)18-10-12(2)9-17-15(19)14(18)6-7-16/h3-5,8,12,14H,6,9-10H2,1-2H3,(H,17,19). The van der Waals surface area contributed by atoms with E-state index in [1.54, 1.807) is 0 Å². The molecule has 1 aliphatic heterocycles. The normalized spacial score (nSPS) is 23.4. The lowest BCUT2D eigenvalue weighted by atomic mass is 10.1. The number of carbonyl (C=O) groups excluding carboxylic acids is 1. The summed E-state index contributed by atoms with van der Waals surface area (Å²) >= 11 is 0. The molecular weight excluding hydrogens is 238 g/mol. The first kappa shape index (κ1) is 13.4. The van der Waals surface area contributed by atoms with Crippen molar-refractivity contribution in [3.8, 4) is 6.07 Å². The highest BCUT2D eigenvalue weighted by molar-refractivity contribution is 5.86. The molecule has 1 fully saturated rings. The Kier molecular flexibility index (Phi) is 4.06. The second kappa shape index (κ2) is 5.75. The van der Waals surface area contributed by atoms with Gasteiger partial charge in [0, 0.05) is 18.8 Å². The van der Waals surface area contributed by atoms with Crippen LogP contribution in [-0.4, -0.2) is 25.0 Å². The number of nitrogens with one attached hydrogen (secondary N) is 1. The molecule has 4 heteroatoms. The van der Waals surface area contributed by atoms with Gasteiger partial charge in [-0.15, -0.1) is 0 Å². The zero-order valence-electron chi connectivity index (χ0n) is 11.4. The Morgan fingerprint density at radius 1 is 1.53 bits per heavy atom. The predicted molar refractivity (Wildman–Crippen MR) is 74.7 cm³/mol. The summed E-state index contributed by atoms with van der Waals surface area (Å²) in [6, 6.07) is 9.82. The molecule has 1 aromatic carbocycles. The Morgan fingerprint density at radius 3 is 3.00 bits per heavy atom. The number of aryl methyl sites for hydroxylation is 1. The number of nitriles is 1. The molecule has 4 nitrogen and oxygen atoms in total. The second-order valence-electron chi connectivity index (χ2n) is 5.22. The van der Waals surface area contributed by atoms with Crippen LogP contribution in [0.2, 0.25) is 0 Å². The largest absolute Gasteiger partial charge is 0.358 e. The Morgan fingerprint density at radius 2 is 2.32 bits per heavy atom. The topological polar surface area (TPSA) is 56.1 Å². The van der Waals surface area contributed by atoms with Crippen molar-refractivity contribution >= 4 is 11.6 Å². The average molecular weight is 257 g/mol. The summed E-state index contributed by atoms with van der Waals surface area (Å²) in [5.41, 5.74) is 2.18. The van der Waals surface area contributed by atoms with Crippen LogP contribution in [0.15, 0.2) is 24.3 Å². The summed E-state index contributed by atoms with van der Waals surface area (Å²) in [5, 5.41) is 11.9. The molecule has 1 heterocycles. The van der Waals surface area contributed by atoms with Gasteiger partial charge in [-0.25, -0.2) is 0 Å². The van der Waals surface area contributed by atoms with E-state index in [0.717, 1.165) is 17.8 Å². The first-order chi connectivity index (χ1) is 9.11. The Labute approximate surface area is 114 Å². The van der Waals surface area contributed by atoms with E-state index in [4.69, 9.17) is 5.26 Å². The monoisotopic (exact) mass is 257 g/mol. The van der Waals surface area contributed by atoms with Gasteiger partial charge in [0.05, 0.1) is 12.5 Å². The number of anilines is 1. The van der Waals surface area contributed by atoms with E-state index in [1.165, 1.54) is 0 Å². The van der Waals surface area contributed by atoms with Crippen molar-refractivity contribution in [2.45, 2.75) is 26.3 Å². The zero-order valence-corrected chi connectivity index (χ0v) is 11.4. The van der Waals surface area contributed by atoms with Crippen LogP contribution >= 0.6 is 0 Å². The molecule has 2 rings (SSSR count). The lowest BCUT2D eigenvalue weighted by Crippen LogP contribution is -2.44. The van der Waals surface area contributed by atoms with Crippen molar-refractivity contribution in [3.05, 3.63) is 29.8 Å². The third-order valence-electron chi connectivity index (χ3n) is 3.43. The molecule has 1 aliphatic rings. The molecule has 0 bridgehead atoms. The van der Waals surface area contributed by atoms with Gasteiger partial charge in [-0.1, -0.05) is 19.1 Å². The van der Waals surface area contributed by atoms with E-state index >= 15 is 0 Å². The fraction of sp³-hybridized carbons (Fsp3) is 0.467. The lowest BCUT2D eigenvalue weighted by molar-refractivity contribution is -0.122. The van der Waals surface area contributed by atoms with Gasteiger partial charge >= 0.3 is 0 Å². The summed E-state index contributed by atoms with van der Waals surface area (Å²) in [5.74, 6) is 0.320. The number of hydrogen-bond acceptors (Lipinski definition) is 3. The maximum Gasteiger partial charge on any atom is 0.243 e. The van der Waals surface area contributed by atoms with Gasteiger partial charge in [0.25, 0.3) is 0 Å². The smallest absolute Gasteiger partial charge is 0.243 e. The van der Waals surface area contributed by atoms with E-state index in [0.29, 0.717) is 12.5 Å². The summed E-state index contributed by atoms with van der Waals surface area (Å²) in [7, 11) is 0. The maximum atomic E-state index is 12.1. The van der Waals surface area contributed by atoms with E-state index in [9.17, 15) is 4.79 Å². The van der Waals surface area contributed by atoms with Gasteiger partial charge < -0.3 is 10.2 Å². The summed E-state index contributed by atoms with van der Waals surface area (Å²) < 4.78 is 0. The molecule has 100 valence electrons. The van der Waals surface area contributed by atoms with Crippen molar-refractivity contribution < 1.29 is 4.79 Å². The van der Waals surface area contributed by atoms with Gasteiger partial charge in [0.1, 0.15) is 6.04 Å². The van der Waals surface area contributed by atoms with Crippen LogP contribution in [0.3, 0.4) is 0 Å². The third kappa shape index (κ3) is 3.05. The summed E-state index contributed by atoms with van der Waals surface area (Å²) in [6.45, 7) is 5.60. The second-order valence-corrected chi connectivity index (χ2v) is 5.22. The number of nitrogens with zero attached hydrogens (tertiary/aromatic N) is 2. The van der Waals surface area contributed by atoms with Crippen molar-refractivity contribution in [1.82, 2.24) is 5.32 Å². The molecule has 1 amide bonds. The minimum absolute atomic E-state index is 0.0487. The molecule has 0 aromatic heterocycles. The Bertz CT molecular complexity index is 506. The first-order valence-corrected chi connectivity index (χ1v) is 6.60. The Hall–Kier alpha value is -2.02. The van der Waals surface area contributed by atoms with Crippen molar-refractivity contribution in [3.63, 3.8) is 0 Å². The minimum Gasteiger partial charge on any atom is -0.358 e. The van der Waals surface area contributed by atoms with Crippen LogP contribution in [0.25, 0.3) is 0 Å². The number of amides is 1. The van der Waals surface area contributed by atoms with Gasteiger partial charge in [-0.05, 0) is 30.5 Å². The van der Waals surface area contributed by atoms with E-state index in [-0.39, 0.29) is 12.3 Å². The number of rotatable bonds is 2. The number of carbonyl (C=O) groups is 1. The minimum atomic E-state index is -0.392. The summed E-state index contributed by atoms with van der Waals surface area (Å²) in [6.07, 6.45) is 0.215. The lowest BCUT2D eigenvalue weighted by Gasteiger charge is -2.30. The van der Waals surface area contributed by atoms with Crippen LogP contribution in [0.1, 0.15) is 18.9 Å². The molecule has 0 radical (unpaired) electrons. The first-order valence-electron chi connectivity index (χ1n) is 6.60. The molecule has 2 unspecified atom stereocenters. The van der Waals surface area contributed by atoms with Gasteiger partial charge in [-0.3, -0.25) is 4.79 Å². The molecule has 1 N–H and O–H groups in total. The highest BCUT2D eigenvalue weighted by Crippen LogP contribution is 2.23. The van der Waals surface area contributed by atoms with E-state index < -0.39 is 6.04 Å². The highest BCUT2D eigenvalue weighted by Gasteiger charge is 2.30. The third-order valence-corrected chi connectivity index (χ3v) is 3.43. The number of hydrogen-bond donors (Lipinski definition) is 1. The quantitative estimate of drug-likeness (QED) is 0.879. The van der Waals surface area contributed by atoms with E-state index in [2.05, 4.69) is 29.3 Å². The van der Waals surface area contributed by atoms with Crippen molar-refractivity contribution in [2.24, 2.45) is 5.92 Å². The molecule has 1 saturated heterocycles. The fourth-order valence-electron chi connectivity index (χ4n) is 2.44. The average Bonchev–Trinajstić information content (AvgIpc) is 2.52. The molecule has 2 atom stereocenters. The molecule has 1 aromatic rings.